The average Bonchev–Trinajstić information content (AvgIpc) is 2.78. The molecule has 0 radical (unpaired) electrons. The van der Waals surface area contributed by atoms with Gasteiger partial charge >= 0.3 is 5.97 Å². The molecule has 2 rings (SSSR count). The van der Waals surface area contributed by atoms with E-state index in [4.69, 9.17) is 10.5 Å². The highest BCUT2D eigenvalue weighted by atomic mass is 16.5. The van der Waals surface area contributed by atoms with Gasteiger partial charge in [-0.05, 0) is 19.4 Å². The number of anilines is 2. The number of aromatic nitrogens is 1. The molecular formula is C12H17N3O3. The number of methoxy groups -OCH3 is 1. The summed E-state index contributed by atoms with van der Waals surface area (Å²) in [4.78, 5) is 15.7. The summed E-state index contributed by atoms with van der Waals surface area (Å²) in [6.45, 7) is 3.34. The Bertz CT molecular complexity index is 456. The highest BCUT2D eigenvalue weighted by Gasteiger charge is 2.30. The number of ether oxygens (including phenoxy) is 2. The Hall–Kier alpha value is -1.82. The topological polar surface area (TPSA) is 86.5 Å². The van der Waals surface area contributed by atoms with Gasteiger partial charge in [-0.15, -0.1) is 0 Å². The Labute approximate surface area is 105 Å². The predicted molar refractivity (Wildman–Crippen MR) is 67.5 cm³/mol. The van der Waals surface area contributed by atoms with E-state index in [1.54, 1.807) is 6.07 Å². The number of nitrogens with two attached hydrogens (primary N) is 1. The number of hydrogen-bond donors (Lipinski definition) is 2. The summed E-state index contributed by atoms with van der Waals surface area (Å²) in [5.74, 6) is 0.0247. The third-order valence-electron chi connectivity index (χ3n) is 3.03. The predicted octanol–water partition coefficient (Wildman–Crippen LogP) is 1.04. The molecule has 0 saturated carbocycles. The first-order valence-electron chi connectivity index (χ1n) is 5.74. The van der Waals surface area contributed by atoms with Crippen LogP contribution in [0.2, 0.25) is 0 Å². The third kappa shape index (κ3) is 2.38. The van der Waals surface area contributed by atoms with E-state index in [1.165, 1.54) is 13.3 Å². The number of rotatable bonds is 3. The van der Waals surface area contributed by atoms with Crippen LogP contribution in [0, 0.1) is 0 Å². The fraction of sp³-hybridized carbons (Fsp3) is 0.500. The number of carbonyl (C=O) groups is 1. The third-order valence-corrected chi connectivity index (χ3v) is 3.03. The van der Waals surface area contributed by atoms with E-state index < -0.39 is 5.97 Å². The molecule has 1 aromatic heterocycles. The summed E-state index contributed by atoms with van der Waals surface area (Å²) in [7, 11) is 1.32. The van der Waals surface area contributed by atoms with E-state index in [9.17, 15) is 4.79 Å². The molecule has 1 aliphatic heterocycles. The van der Waals surface area contributed by atoms with Gasteiger partial charge in [0.2, 0.25) is 0 Å². The second-order valence-corrected chi connectivity index (χ2v) is 4.60. The normalized spacial score (nSPS) is 22.8. The minimum absolute atomic E-state index is 0.199. The maximum atomic E-state index is 11.5. The standard InChI is InChI=1S/C12H17N3O3/c1-12(4-6-18-7-12)15-10-9(13)8(3-5-14-10)11(16)17-2/h3,5H,4,6-7,13H2,1-2H3,(H,14,15). The van der Waals surface area contributed by atoms with Gasteiger partial charge in [0.25, 0.3) is 0 Å². The van der Waals surface area contributed by atoms with Gasteiger partial charge in [0.1, 0.15) is 0 Å². The molecule has 3 N–H and O–H groups in total. The first-order valence-corrected chi connectivity index (χ1v) is 5.74. The summed E-state index contributed by atoms with van der Waals surface area (Å²) in [6, 6.07) is 1.54. The van der Waals surface area contributed by atoms with Gasteiger partial charge in [0.15, 0.2) is 5.82 Å². The van der Waals surface area contributed by atoms with Crippen molar-refractivity contribution in [1.29, 1.82) is 0 Å². The highest BCUT2D eigenvalue weighted by molar-refractivity contribution is 5.97. The first kappa shape index (κ1) is 12.6. The maximum Gasteiger partial charge on any atom is 0.340 e. The zero-order valence-corrected chi connectivity index (χ0v) is 10.5. The number of esters is 1. The molecule has 1 aromatic rings. The molecule has 1 saturated heterocycles. The summed E-state index contributed by atoms with van der Waals surface area (Å²) in [5.41, 5.74) is 6.35. The first-order chi connectivity index (χ1) is 8.56. The molecule has 1 fully saturated rings. The van der Waals surface area contributed by atoms with Crippen LogP contribution in [0.4, 0.5) is 11.5 Å². The lowest BCUT2D eigenvalue weighted by atomic mass is 10.0. The zero-order valence-electron chi connectivity index (χ0n) is 10.5. The smallest absolute Gasteiger partial charge is 0.340 e. The van der Waals surface area contributed by atoms with E-state index in [-0.39, 0.29) is 5.54 Å². The molecule has 1 unspecified atom stereocenters. The fourth-order valence-corrected chi connectivity index (χ4v) is 1.91. The molecule has 0 spiro atoms. The molecule has 18 heavy (non-hydrogen) atoms. The summed E-state index contributed by atoms with van der Waals surface area (Å²) in [6.07, 6.45) is 2.40. The van der Waals surface area contributed by atoms with Crippen LogP contribution in [0.3, 0.4) is 0 Å². The number of nitrogen functional groups attached to an aromatic ring is 1. The van der Waals surface area contributed by atoms with Crippen LogP contribution in [-0.4, -0.2) is 36.8 Å². The molecule has 6 heteroatoms. The molecular weight excluding hydrogens is 234 g/mol. The summed E-state index contributed by atoms with van der Waals surface area (Å²) >= 11 is 0. The Balaban J connectivity index is 2.26. The fourth-order valence-electron chi connectivity index (χ4n) is 1.91. The van der Waals surface area contributed by atoms with E-state index >= 15 is 0 Å². The molecule has 0 aromatic carbocycles. The largest absolute Gasteiger partial charge is 0.465 e. The molecule has 98 valence electrons. The van der Waals surface area contributed by atoms with E-state index in [0.717, 1.165) is 6.42 Å². The average molecular weight is 251 g/mol. The quantitative estimate of drug-likeness (QED) is 0.781. The number of nitrogens with one attached hydrogen (secondary N) is 1. The highest BCUT2D eigenvalue weighted by Crippen LogP contribution is 2.27. The number of pyridine rings is 1. The Morgan fingerprint density at radius 3 is 3.06 bits per heavy atom. The number of hydrogen-bond acceptors (Lipinski definition) is 6. The van der Waals surface area contributed by atoms with E-state index in [1.807, 2.05) is 6.92 Å². The monoisotopic (exact) mass is 251 g/mol. The van der Waals surface area contributed by atoms with Crippen molar-refractivity contribution in [2.45, 2.75) is 18.9 Å². The molecule has 1 aliphatic rings. The van der Waals surface area contributed by atoms with Crippen LogP contribution >= 0.6 is 0 Å². The second kappa shape index (κ2) is 4.81. The van der Waals surface area contributed by atoms with Crippen LogP contribution in [-0.2, 0) is 9.47 Å². The molecule has 0 amide bonds. The van der Waals surface area contributed by atoms with Crippen LogP contribution in [0.5, 0.6) is 0 Å². The minimum Gasteiger partial charge on any atom is -0.465 e. The van der Waals surface area contributed by atoms with Crippen molar-refractivity contribution in [3.05, 3.63) is 17.8 Å². The molecule has 0 aliphatic carbocycles. The van der Waals surface area contributed by atoms with Crippen molar-refractivity contribution >= 4 is 17.5 Å². The maximum absolute atomic E-state index is 11.5. The second-order valence-electron chi connectivity index (χ2n) is 4.60. The van der Waals surface area contributed by atoms with Gasteiger partial charge in [-0.2, -0.15) is 0 Å². The van der Waals surface area contributed by atoms with Gasteiger partial charge in [-0.25, -0.2) is 9.78 Å². The van der Waals surface area contributed by atoms with Crippen molar-refractivity contribution in [3.8, 4) is 0 Å². The molecule has 0 bridgehead atoms. The minimum atomic E-state index is -0.467. The molecule has 1 atom stereocenters. The van der Waals surface area contributed by atoms with Gasteiger partial charge in [0, 0.05) is 12.8 Å². The van der Waals surface area contributed by atoms with Crippen LogP contribution in [0.1, 0.15) is 23.7 Å². The molecule has 2 heterocycles. The molecule has 6 nitrogen and oxygen atoms in total. The Kier molecular flexibility index (Phi) is 3.38. The van der Waals surface area contributed by atoms with Crippen LogP contribution < -0.4 is 11.1 Å². The van der Waals surface area contributed by atoms with Crippen LogP contribution in [0.25, 0.3) is 0 Å². The van der Waals surface area contributed by atoms with Crippen molar-refractivity contribution in [3.63, 3.8) is 0 Å². The summed E-state index contributed by atoms with van der Waals surface area (Å²) in [5, 5.41) is 3.24. The lowest BCUT2D eigenvalue weighted by Crippen LogP contribution is -2.35. The van der Waals surface area contributed by atoms with E-state index in [2.05, 4.69) is 15.0 Å². The lowest BCUT2D eigenvalue weighted by molar-refractivity contribution is 0.0602. The SMILES string of the molecule is COC(=O)c1ccnc(NC2(C)CCOC2)c1N. The van der Waals surface area contributed by atoms with Gasteiger partial charge in [-0.1, -0.05) is 0 Å². The van der Waals surface area contributed by atoms with Crippen molar-refractivity contribution < 1.29 is 14.3 Å². The van der Waals surface area contributed by atoms with Gasteiger partial charge in [-0.3, -0.25) is 0 Å². The Morgan fingerprint density at radius 1 is 1.67 bits per heavy atom. The lowest BCUT2D eigenvalue weighted by Gasteiger charge is -2.25. The van der Waals surface area contributed by atoms with Gasteiger partial charge < -0.3 is 20.5 Å². The van der Waals surface area contributed by atoms with E-state index in [0.29, 0.717) is 30.3 Å². The Morgan fingerprint density at radius 2 is 2.44 bits per heavy atom. The number of nitrogens with zero attached hydrogens (tertiary/aromatic N) is 1. The van der Waals surface area contributed by atoms with Crippen molar-refractivity contribution in [2.75, 3.05) is 31.4 Å². The van der Waals surface area contributed by atoms with Gasteiger partial charge in [0.05, 0.1) is 30.5 Å². The van der Waals surface area contributed by atoms with Crippen molar-refractivity contribution in [2.24, 2.45) is 0 Å². The number of carbonyl (C=O) groups excluding carboxylic acids is 1. The zero-order chi connectivity index (χ0) is 13.2. The summed E-state index contributed by atoms with van der Waals surface area (Å²) < 4.78 is 10.0. The van der Waals surface area contributed by atoms with Crippen LogP contribution in [0.15, 0.2) is 12.3 Å². The van der Waals surface area contributed by atoms with Crippen molar-refractivity contribution in [1.82, 2.24) is 4.98 Å².